The van der Waals surface area contributed by atoms with Crippen LogP contribution in [0.3, 0.4) is 0 Å². The van der Waals surface area contributed by atoms with E-state index in [-0.39, 0.29) is 18.5 Å². The standard InChI is InChI=1S/C16H25N3O3/c1-10(2)12-5-4-11(3)8-13(12)17-15(21)9-19-7-6-14(20)18-16(19)22/h6-7,10-13H,4-5,8-9H2,1-3H3,(H,17,21)(H,18,20,22)/t11-,12+,13+/m1/s1. The molecule has 2 N–H and O–H groups in total. The molecule has 0 spiro atoms. The minimum absolute atomic E-state index is 0.0642. The first kappa shape index (κ1) is 16.5. The zero-order valence-corrected chi connectivity index (χ0v) is 13.5. The maximum atomic E-state index is 12.2. The second-order valence-electron chi connectivity index (χ2n) is 6.74. The lowest BCUT2D eigenvalue weighted by atomic mass is 9.74. The summed E-state index contributed by atoms with van der Waals surface area (Å²) in [5, 5.41) is 3.08. The van der Waals surface area contributed by atoms with Crippen LogP contribution in [-0.2, 0) is 11.3 Å². The molecule has 1 saturated carbocycles. The molecule has 6 heteroatoms. The van der Waals surface area contributed by atoms with E-state index in [0.717, 1.165) is 12.8 Å². The van der Waals surface area contributed by atoms with Crippen molar-refractivity contribution in [3.8, 4) is 0 Å². The van der Waals surface area contributed by atoms with Crippen LogP contribution in [0.15, 0.2) is 21.9 Å². The predicted molar refractivity (Wildman–Crippen MR) is 84.6 cm³/mol. The van der Waals surface area contributed by atoms with Gasteiger partial charge in [0.05, 0.1) is 0 Å². The van der Waals surface area contributed by atoms with Crippen LogP contribution >= 0.6 is 0 Å². The Morgan fingerprint density at radius 1 is 1.41 bits per heavy atom. The molecule has 2 rings (SSSR count). The number of H-pyrrole nitrogens is 1. The number of rotatable bonds is 4. The molecule has 0 unspecified atom stereocenters. The zero-order chi connectivity index (χ0) is 16.3. The van der Waals surface area contributed by atoms with Crippen LogP contribution < -0.4 is 16.6 Å². The van der Waals surface area contributed by atoms with E-state index in [1.54, 1.807) is 0 Å². The van der Waals surface area contributed by atoms with Crippen LogP contribution in [0.1, 0.15) is 40.0 Å². The second-order valence-corrected chi connectivity index (χ2v) is 6.74. The Bertz CT molecular complexity index is 632. The smallest absolute Gasteiger partial charge is 0.328 e. The third-order valence-corrected chi connectivity index (χ3v) is 4.58. The quantitative estimate of drug-likeness (QED) is 0.874. The van der Waals surface area contributed by atoms with Crippen molar-refractivity contribution in [2.24, 2.45) is 17.8 Å². The maximum Gasteiger partial charge on any atom is 0.328 e. The molecule has 1 heterocycles. The summed E-state index contributed by atoms with van der Waals surface area (Å²) in [6.07, 6.45) is 4.66. The monoisotopic (exact) mass is 307 g/mol. The number of carbonyl (C=O) groups is 1. The number of aromatic nitrogens is 2. The van der Waals surface area contributed by atoms with Crippen molar-refractivity contribution >= 4 is 5.91 Å². The van der Waals surface area contributed by atoms with E-state index in [2.05, 4.69) is 31.1 Å². The van der Waals surface area contributed by atoms with Gasteiger partial charge in [-0.1, -0.05) is 27.2 Å². The molecule has 6 nitrogen and oxygen atoms in total. The summed E-state index contributed by atoms with van der Waals surface area (Å²) in [7, 11) is 0. The molecule has 1 aliphatic rings. The van der Waals surface area contributed by atoms with Gasteiger partial charge < -0.3 is 5.32 Å². The van der Waals surface area contributed by atoms with Crippen LogP contribution in [0.4, 0.5) is 0 Å². The van der Waals surface area contributed by atoms with E-state index >= 15 is 0 Å². The lowest BCUT2D eigenvalue weighted by Gasteiger charge is -2.37. The summed E-state index contributed by atoms with van der Waals surface area (Å²) in [4.78, 5) is 37.0. The topological polar surface area (TPSA) is 84.0 Å². The largest absolute Gasteiger partial charge is 0.352 e. The van der Waals surface area contributed by atoms with E-state index < -0.39 is 11.2 Å². The summed E-state index contributed by atoms with van der Waals surface area (Å²) in [5.41, 5.74) is -1.01. The number of hydrogen-bond donors (Lipinski definition) is 2. The SMILES string of the molecule is CC(C)[C@@H]1CC[C@@H](C)C[C@@H]1NC(=O)Cn1ccc(=O)[nH]c1=O. The van der Waals surface area contributed by atoms with Gasteiger partial charge >= 0.3 is 5.69 Å². The van der Waals surface area contributed by atoms with Gasteiger partial charge in [0.1, 0.15) is 6.54 Å². The normalized spacial score (nSPS) is 25.2. The molecule has 1 fully saturated rings. The van der Waals surface area contributed by atoms with Crippen molar-refractivity contribution in [1.82, 2.24) is 14.9 Å². The summed E-state index contributed by atoms with van der Waals surface area (Å²) >= 11 is 0. The fourth-order valence-electron chi connectivity index (χ4n) is 3.34. The molecule has 0 saturated heterocycles. The highest BCUT2D eigenvalue weighted by atomic mass is 16.2. The van der Waals surface area contributed by atoms with Crippen molar-refractivity contribution in [3.05, 3.63) is 33.1 Å². The summed E-state index contributed by atoms with van der Waals surface area (Å²) in [5.74, 6) is 1.43. The molecule has 0 radical (unpaired) electrons. The molecule has 1 aliphatic carbocycles. The summed E-state index contributed by atoms with van der Waals surface area (Å²) < 4.78 is 1.22. The number of hydrogen-bond acceptors (Lipinski definition) is 3. The first-order valence-corrected chi connectivity index (χ1v) is 7.96. The number of amides is 1. The minimum Gasteiger partial charge on any atom is -0.352 e. The number of nitrogens with one attached hydrogen (secondary N) is 2. The second kappa shape index (κ2) is 6.94. The molecule has 22 heavy (non-hydrogen) atoms. The number of nitrogens with zero attached hydrogens (tertiary/aromatic N) is 1. The zero-order valence-electron chi connectivity index (χ0n) is 13.5. The van der Waals surface area contributed by atoms with E-state index in [1.165, 1.54) is 23.3 Å². The highest BCUT2D eigenvalue weighted by Gasteiger charge is 2.31. The van der Waals surface area contributed by atoms with Crippen LogP contribution in [0.5, 0.6) is 0 Å². The highest BCUT2D eigenvalue weighted by molar-refractivity contribution is 5.76. The van der Waals surface area contributed by atoms with E-state index in [0.29, 0.717) is 17.8 Å². The Hall–Kier alpha value is -1.85. The number of carbonyl (C=O) groups excluding carboxylic acids is 1. The van der Waals surface area contributed by atoms with Crippen molar-refractivity contribution in [3.63, 3.8) is 0 Å². The molecular weight excluding hydrogens is 282 g/mol. The van der Waals surface area contributed by atoms with E-state index in [1.807, 2.05) is 0 Å². The Morgan fingerprint density at radius 2 is 2.14 bits per heavy atom. The average Bonchev–Trinajstić information content (AvgIpc) is 2.41. The molecule has 1 aromatic rings. The van der Waals surface area contributed by atoms with Gasteiger partial charge in [-0.3, -0.25) is 19.1 Å². The van der Waals surface area contributed by atoms with Crippen molar-refractivity contribution in [2.45, 2.75) is 52.6 Å². The van der Waals surface area contributed by atoms with Gasteiger partial charge in [0.15, 0.2) is 0 Å². The maximum absolute atomic E-state index is 12.2. The highest BCUT2D eigenvalue weighted by Crippen LogP contribution is 2.33. The Kier molecular flexibility index (Phi) is 5.21. The van der Waals surface area contributed by atoms with Crippen LogP contribution in [0.2, 0.25) is 0 Å². The van der Waals surface area contributed by atoms with Crippen LogP contribution in [0.25, 0.3) is 0 Å². The van der Waals surface area contributed by atoms with Crippen LogP contribution in [-0.4, -0.2) is 21.5 Å². The first-order chi connectivity index (χ1) is 10.4. The van der Waals surface area contributed by atoms with Gasteiger partial charge in [0.2, 0.25) is 5.91 Å². The fourth-order valence-corrected chi connectivity index (χ4v) is 3.34. The van der Waals surface area contributed by atoms with Gasteiger partial charge in [-0.05, 0) is 30.6 Å². The van der Waals surface area contributed by atoms with Crippen molar-refractivity contribution in [1.29, 1.82) is 0 Å². The van der Waals surface area contributed by atoms with E-state index in [9.17, 15) is 14.4 Å². The molecule has 1 amide bonds. The lowest BCUT2D eigenvalue weighted by molar-refractivity contribution is -0.123. The molecule has 3 atom stereocenters. The molecule has 0 aliphatic heterocycles. The molecule has 0 aromatic carbocycles. The Balaban J connectivity index is 2.03. The molecular formula is C16H25N3O3. The molecule has 0 bridgehead atoms. The fraction of sp³-hybridized carbons (Fsp3) is 0.688. The van der Waals surface area contributed by atoms with E-state index in [4.69, 9.17) is 0 Å². The van der Waals surface area contributed by atoms with Crippen LogP contribution in [0, 0.1) is 17.8 Å². The molecule has 1 aromatic heterocycles. The predicted octanol–water partition coefficient (Wildman–Crippen LogP) is 1.11. The summed E-state index contributed by atoms with van der Waals surface area (Å²) in [6.45, 7) is 6.52. The van der Waals surface area contributed by atoms with Gasteiger partial charge in [0.25, 0.3) is 5.56 Å². The third-order valence-electron chi connectivity index (χ3n) is 4.58. The molecule has 122 valence electrons. The van der Waals surface area contributed by atoms with Gasteiger partial charge in [-0.25, -0.2) is 4.79 Å². The minimum atomic E-state index is -0.555. The van der Waals surface area contributed by atoms with Gasteiger partial charge in [0, 0.05) is 18.3 Å². The number of aromatic amines is 1. The van der Waals surface area contributed by atoms with Gasteiger partial charge in [-0.15, -0.1) is 0 Å². The third kappa shape index (κ3) is 4.08. The first-order valence-electron chi connectivity index (χ1n) is 7.96. The Morgan fingerprint density at radius 3 is 2.77 bits per heavy atom. The summed E-state index contributed by atoms with van der Waals surface area (Å²) in [6, 6.07) is 1.41. The Labute approximate surface area is 129 Å². The van der Waals surface area contributed by atoms with Crippen molar-refractivity contribution < 1.29 is 4.79 Å². The van der Waals surface area contributed by atoms with Crippen molar-refractivity contribution in [2.75, 3.05) is 0 Å². The average molecular weight is 307 g/mol. The lowest BCUT2D eigenvalue weighted by Crippen LogP contribution is -2.47. The van der Waals surface area contributed by atoms with Gasteiger partial charge in [-0.2, -0.15) is 0 Å².